The zero-order valence-corrected chi connectivity index (χ0v) is 14.4. The second kappa shape index (κ2) is 7.66. The maximum absolute atomic E-state index is 13.9. The number of rotatable bonds is 4. The molecule has 0 fully saturated rings. The number of thioether (sulfide) groups is 1. The Kier molecular flexibility index (Phi) is 5.35. The van der Waals surface area contributed by atoms with Crippen LogP contribution in [-0.2, 0) is 6.54 Å². The van der Waals surface area contributed by atoms with Crippen LogP contribution in [0.25, 0.3) is 0 Å². The van der Waals surface area contributed by atoms with E-state index < -0.39 is 0 Å². The maximum Gasteiger partial charge on any atom is 0.318 e. The summed E-state index contributed by atoms with van der Waals surface area (Å²) in [5.41, 5.74) is 1.72. The molecule has 0 bridgehead atoms. The molecule has 0 spiro atoms. The van der Waals surface area contributed by atoms with E-state index in [-0.39, 0.29) is 17.9 Å². The largest absolute Gasteiger partial charge is 0.331 e. The summed E-state index contributed by atoms with van der Waals surface area (Å²) in [6, 6.07) is 10.4. The van der Waals surface area contributed by atoms with Gasteiger partial charge in [0.05, 0.1) is 18.3 Å². The lowest BCUT2D eigenvalue weighted by molar-refractivity contribution is 0.192. The zero-order chi connectivity index (χ0) is 16.9. The predicted octanol–water partition coefficient (Wildman–Crippen LogP) is 3.99. The van der Waals surface area contributed by atoms with E-state index in [0.717, 1.165) is 23.4 Å². The Morgan fingerprint density at radius 1 is 1.38 bits per heavy atom. The third-order valence-corrected chi connectivity index (χ3v) is 5.23. The molecule has 0 saturated heterocycles. The van der Waals surface area contributed by atoms with Crippen molar-refractivity contribution in [1.82, 2.24) is 15.2 Å². The Labute approximate surface area is 145 Å². The lowest BCUT2D eigenvalue weighted by Crippen LogP contribution is -2.42. The van der Waals surface area contributed by atoms with Crippen LogP contribution in [0, 0.1) is 5.82 Å². The molecule has 0 unspecified atom stereocenters. The number of benzene rings is 1. The SMILES string of the molecule is CCN(Cc1ccccn1)C(=O)N[C@H]1CCSc2c(F)cccc21. The number of urea groups is 1. The summed E-state index contributed by atoms with van der Waals surface area (Å²) >= 11 is 1.51. The lowest BCUT2D eigenvalue weighted by atomic mass is 10.0. The summed E-state index contributed by atoms with van der Waals surface area (Å²) in [5.74, 6) is 0.586. The van der Waals surface area contributed by atoms with Crippen molar-refractivity contribution in [2.45, 2.75) is 30.8 Å². The van der Waals surface area contributed by atoms with E-state index in [1.54, 1.807) is 17.2 Å². The van der Waals surface area contributed by atoms with Crippen LogP contribution in [0.3, 0.4) is 0 Å². The van der Waals surface area contributed by atoms with Gasteiger partial charge in [0, 0.05) is 23.4 Å². The molecule has 2 aromatic rings. The Balaban J connectivity index is 1.71. The van der Waals surface area contributed by atoms with Crippen molar-refractivity contribution in [3.05, 3.63) is 59.7 Å². The van der Waals surface area contributed by atoms with Crippen LogP contribution < -0.4 is 5.32 Å². The number of nitrogens with one attached hydrogen (secondary N) is 1. The molecule has 4 nitrogen and oxygen atoms in total. The maximum atomic E-state index is 13.9. The molecular formula is C18H20FN3OS. The number of hydrogen-bond donors (Lipinski definition) is 1. The molecule has 126 valence electrons. The highest BCUT2D eigenvalue weighted by Crippen LogP contribution is 2.37. The first-order valence-corrected chi connectivity index (χ1v) is 9.04. The number of hydrogen-bond acceptors (Lipinski definition) is 3. The third-order valence-electron chi connectivity index (χ3n) is 4.07. The average Bonchev–Trinajstić information content (AvgIpc) is 2.61. The topological polar surface area (TPSA) is 45.2 Å². The van der Waals surface area contributed by atoms with Gasteiger partial charge < -0.3 is 10.2 Å². The van der Waals surface area contributed by atoms with Crippen LogP contribution in [0.1, 0.15) is 30.6 Å². The molecule has 6 heteroatoms. The summed E-state index contributed by atoms with van der Waals surface area (Å²) in [7, 11) is 0. The Morgan fingerprint density at radius 3 is 3.00 bits per heavy atom. The van der Waals surface area contributed by atoms with Crippen molar-refractivity contribution in [2.75, 3.05) is 12.3 Å². The molecule has 1 aliphatic rings. The van der Waals surface area contributed by atoms with Crippen LogP contribution in [0.2, 0.25) is 0 Å². The highest BCUT2D eigenvalue weighted by atomic mass is 32.2. The summed E-state index contributed by atoms with van der Waals surface area (Å²) in [4.78, 5) is 19.3. The van der Waals surface area contributed by atoms with E-state index in [0.29, 0.717) is 18.0 Å². The zero-order valence-electron chi connectivity index (χ0n) is 13.5. The molecule has 1 aromatic carbocycles. The average molecular weight is 345 g/mol. The quantitative estimate of drug-likeness (QED) is 0.911. The van der Waals surface area contributed by atoms with Crippen LogP contribution in [0.4, 0.5) is 9.18 Å². The molecule has 0 saturated carbocycles. The molecule has 0 aliphatic carbocycles. The van der Waals surface area contributed by atoms with Gasteiger partial charge in [-0.1, -0.05) is 18.2 Å². The Morgan fingerprint density at radius 2 is 2.25 bits per heavy atom. The van der Waals surface area contributed by atoms with Crippen molar-refractivity contribution < 1.29 is 9.18 Å². The van der Waals surface area contributed by atoms with Crippen LogP contribution in [0.15, 0.2) is 47.5 Å². The second-order valence-electron chi connectivity index (χ2n) is 5.63. The first-order chi connectivity index (χ1) is 11.7. The first-order valence-electron chi connectivity index (χ1n) is 8.05. The molecule has 1 aromatic heterocycles. The summed E-state index contributed by atoms with van der Waals surface area (Å²) in [6.45, 7) is 2.98. The van der Waals surface area contributed by atoms with Crippen LogP contribution in [0.5, 0.6) is 0 Å². The van der Waals surface area contributed by atoms with Crippen LogP contribution in [-0.4, -0.2) is 28.2 Å². The first kappa shape index (κ1) is 16.8. The number of amides is 2. The van der Waals surface area contributed by atoms with Crippen molar-refractivity contribution in [3.8, 4) is 0 Å². The molecule has 24 heavy (non-hydrogen) atoms. The number of nitrogens with zero attached hydrogens (tertiary/aromatic N) is 2. The normalized spacial score (nSPS) is 16.3. The molecular weight excluding hydrogens is 325 g/mol. The minimum absolute atomic E-state index is 0.143. The molecule has 1 aliphatic heterocycles. The van der Waals surface area contributed by atoms with Gasteiger partial charge in [-0.15, -0.1) is 11.8 Å². The van der Waals surface area contributed by atoms with Gasteiger partial charge in [0.15, 0.2) is 0 Å². The van der Waals surface area contributed by atoms with E-state index >= 15 is 0 Å². The van der Waals surface area contributed by atoms with Crippen molar-refractivity contribution in [3.63, 3.8) is 0 Å². The van der Waals surface area contributed by atoms with Crippen molar-refractivity contribution in [1.29, 1.82) is 0 Å². The number of halogens is 1. The number of carbonyl (C=O) groups excluding carboxylic acids is 1. The fraction of sp³-hybridized carbons (Fsp3) is 0.333. The molecule has 2 amide bonds. The lowest BCUT2D eigenvalue weighted by Gasteiger charge is -2.29. The van der Waals surface area contributed by atoms with Gasteiger partial charge in [0.1, 0.15) is 5.82 Å². The highest BCUT2D eigenvalue weighted by molar-refractivity contribution is 7.99. The fourth-order valence-electron chi connectivity index (χ4n) is 2.79. The molecule has 0 radical (unpaired) electrons. The Bertz CT molecular complexity index is 711. The molecule has 1 N–H and O–H groups in total. The van der Waals surface area contributed by atoms with Gasteiger partial charge in [-0.2, -0.15) is 0 Å². The fourth-order valence-corrected chi connectivity index (χ4v) is 3.93. The van der Waals surface area contributed by atoms with E-state index in [1.807, 2.05) is 31.2 Å². The van der Waals surface area contributed by atoms with Crippen molar-refractivity contribution in [2.24, 2.45) is 0 Å². The number of fused-ring (bicyclic) bond motifs is 1. The molecule has 3 rings (SSSR count). The number of aromatic nitrogens is 1. The number of pyridine rings is 1. The summed E-state index contributed by atoms with van der Waals surface area (Å²) in [6.07, 6.45) is 2.52. The van der Waals surface area contributed by atoms with Gasteiger partial charge in [0.25, 0.3) is 0 Å². The summed E-state index contributed by atoms with van der Waals surface area (Å²) in [5, 5.41) is 3.05. The van der Waals surface area contributed by atoms with Gasteiger partial charge in [0.2, 0.25) is 0 Å². The monoisotopic (exact) mass is 345 g/mol. The minimum atomic E-state index is -0.211. The van der Waals surface area contributed by atoms with E-state index in [4.69, 9.17) is 0 Å². The molecule has 1 atom stereocenters. The number of carbonyl (C=O) groups is 1. The summed E-state index contributed by atoms with van der Waals surface area (Å²) < 4.78 is 13.9. The van der Waals surface area contributed by atoms with Gasteiger partial charge in [-0.3, -0.25) is 4.98 Å². The predicted molar refractivity (Wildman–Crippen MR) is 93.3 cm³/mol. The standard InChI is InChI=1S/C18H20FN3OS/c1-2-22(12-13-6-3-4-10-20-13)18(23)21-16-9-11-24-17-14(16)7-5-8-15(17)19/h3-8,10,16H,2,9,11-12H2,1H3,(H,21,23)/t16-/m0/s1. The minimum Gasteiger partial charge on any atom is -0.331 e. The van der Waals surface area contributed by atoms with Gasteiger partial charge in [-0.25, -0.2) is 9.18 Å². The van der Waals surface area contributed by atoms with E-state index in [1.165, 1.54) is 17.8 Å². The second-order valence-corrected chi connectivity index (χ2v) is 6.74. The Hall–Kier alpha value is -2.08. The van der Waals surface area contributed by atoms with Gasteiger partial charge >= 0.3 is 6.03 Å². The van der Waals surface area contributed by atoms with Gasteiger partial charge in [-0.05, 0) is 37.1 Å². The van der Waals surface area contributed by atoms with Crippen LogP contribution >= 0.6 is 11.8 Å². The van der Waals surface area contributed by atoms with Crippen molar-refractivity contribution >= 4 is 17.8 Å². The smallest absolute Gasteiger partial charge is 0.318 e. The third kappa shape index (κ3) is 3.70. The van der Waals surface area contributed by atoms with E-state index in [2.05, 4.69) is 10.3 Å². The molecule has 2 heterocycles. The highest BCUT2D eigenvalue weighted by Gasteiger charge is 2.26. The van der Waals surface area contributed by atoms with E-state index in [9.17, 15) is 9.18 Å².